The molecule has 0 saturated heterocycles. The molecule has 0 saturated carbocycles. The van der Waals surface area contributed by atoms with Crippen LogP contribution in [0.4, 0.5) is 11.8 Å². The van der Waals surface area contributed by atoms with Crippen LogP contribution in [0.1, 0.15) is 46.7 Å². The fourth-order valence-electron chi connectivity index (χ4n) is 4.45. The summed E-state index contributed by atoms with van der Waals surface area (Å²) < 4.78 is 11.2. The highest BCUT2D eigenvalue weighted by molar-refractivity contribution is 5.95. The van der Waals surface area contributed by atoms with Gasteiger partial charge < -0.3 is 20.9 Å². The van der Waals surface area contributed by atoms with Gasteiger partial charge in [-0.25, -0.2) is 9.99 Å². The van der Waals surface area contributed by atoms with Crippen LogP contribution in [0.3, 0.4) is 0 Å². The largest absolute Gasteiger partial charge is 0.493 e. The van der Waals surface area contributed by atoms with E-state index in [2.05, 4.69) is 15.1 Å². The number of amides is 1. The second kappa shape index (κ2) is 12.4. The van der Waals surface area contributed by atoms with Gasteiger partial charge in [0, 0.05) is 35.9 Å². The lowest BCUT2D eigenvalue weighted by atomic mass is 9.95. The zero-order chi connectivity index (χ0) is 27.8. The maximum atomic E-state index is 13.4. The summed E-state index contributed by atoms with van der Waals surface area (Å²) in [6.07, 6.45) is 11.3. The third-order valence-electron chi connectivity index (χ3n) is 6.28. The molecular formula is C29H29N7O3. The second-order valence-electron chi connectivity index (χ2n) is 8.75. The lowest BCUT2D eigenvalue weighted by molar-refractivity contribution is -0.128. The summed E-state index contributed by atoms with van der Waals surface area (Å²) in [7, 11) is 3.09. The van der Waals surface area contributed by atoms with E-state index >= 15 is 0 Å². The molecule has 198 valence electrons. The number of fused-ring (bicyclic) bond motifs is 1. The van der Waals surface area contributed by atoms with Crippen LogP contribution in [0.15, 0.2) is 65.9 Å². The van der Waals surface area contributed by atoms with Gasteiger partial charge in [0.15, 0.2) is 11.5 Å². The van der Waals surface area contributed by atoms with E-state index < -0.39 is 0 Å². The van der Waals surface area contributed by atoms with E-state index in [0.717, 1.165) is 16.7 Å². The number of nitrogen functional groups attached to an aromatic ring is 2. The number of hydrogen-bond donors (Lipinski definition) is 2. The Kier molecular flexibility index (Phi) is 8.53. The summed E-state index contributed by atoms with van der Waals surface area (Å²) >= 11 is 0. The van der Waals surface area contributed by atoms with Crippen LogP contribution in [-0.4, -0.2) is 41.3 Å². The number of ether oxygens (including phenoxy) is 2. The first-order chi connectivity index (χ1) is 18.9. The highest BCUT2D eigenvalue weighted by atomic mass is 16.5. The van der Waals surface area contributed by atoms with Crippen molar-refractivity contribution >= 4 is 30.0 Å². The van der Waals surface area contributed by atoms with Gasteiger partial charge in [-0.2, -0.15) is 15.3 Å². The van der Waals surface area contributed by atoms with E-state index in [9.17, 15) is 4.79 Å². The topological polar surface area (TPSA) is 153 Å². The summed E-state index contributed by atoms with van der Waals surface area (Å²) in [5, 5.41) is 14.7. The van der Waals surface area contributed by atoms with Gasteiger partial charge in [0.25, 0.3) is 5.91 Å². The highest BCUT2D eigenvalue weighted by Gasteiger charge is 2.27. The van der Waals surface area contributed by atoms with Crippen molar-refractivity contribution < 1.29 is 14.3 Å². The summed E-state index contributed by atoms with van der Waals surface area (Å²) in [5.41, 5.74) is 15.8. The first-order valence-electron chi connectivity index (χ1n) is 12.3. The molecule has 0 radical (unpaired) electrons. The minimum Gasteiger partial charge on any atom is -0.493 e. The van der Waals surface area contributed by atoms with E-state index in [4.69, 9.17) is 26.2 Å². The minimum atomic E-state index is -0.294. The third kappa shape index (κ3) is 6.22. The molecule has 4 N–H and O–H groups in total. The van der Waals surface area contributed by atoms with Gasteiger partial charge in [0.2, 0.25) is 5.95 Å². The van der Waals surface area contributed by atoms with Gasteiger partial charge in [-0.3, -0.25) is 4.79 Å². The quantitative estimate of drug-likeness (QED) is 0.315. The Hall–Kier alpha value is -5.17. The van der Waals surface area contributed by atoms with E-state index in [-0.39, 0.29) is 17.9 Å². The van der Waals surface area contributed by atoms with Gasteiger partial charge in [-0.05, 0) is 47.7 Å². The van der Waals surface area contributed by atoms with Gasteiger partial charge >= 0.3 is 0 Å². The standard InChI is InChI=1S/C29H29N7O3/c1-38-25-16-19(15-22-17-33-29(32)35-28(22)31)14-20(27(25)39-2)11-12-26(37)36-24(10-4-3-7-13-30)23-9-6-5-8-21(23)18-34-36/h3,5-9,11-12,14,16-18,24H,4,10,15H2,1-2H3,(H4,31,32,33,35)/b7-3+,12-11+. The van der Waals surface area contributed by atoms with Crippen LogP contribution in [0.2, 0.25) is 0 Å². The first kappa shape index (κ1) is 26.9. The van der Waals surface area contributed by atoms with Gasteiger partial charge in [-0.15, -0.1) is 0 Å². The molecule has 1 unspecified atom stereocenters. The average molecular weight is 524 g/mol. The maximum absolute atomic E-state index is 13.4. The number of nitrogens with zero attached hydrogens (tertiary/aromatic N) is 5. The Balaban J connectivity index is 1.63. The molecule has 39 heavy (non-hydrogen) atoms. The normalized spacial score (nSPS) is 14.4. The minimum absolute atomic E-state index is 0.105. The smallest absolute Gasteiger partial charge is 0.267 e. The number of nitrogens with two attached hydrogens (primary N) is 2. The van der Waals surface area contributed by atoms with Crippen LogP contribution in [-0.2, 0) is 11.2 Å². The Bertz CT molecular complexity index is 1490. The monoisotopic (exact) mass is 523 g/mol. The van der Waals surface area contributed by atoms with Gasteiger partial charge in [0.05, 0.1) is 32.5 Å². The van der Waals surface area contributed by atoms with E-state index in [1.165, 1.54) is 17.2 Å². The molecule has 0 aliphatic carbocycles. The predicted molar refractivity (Wildman–Crippen MR) is 150 cm³/mol. The molecule has 1 aromatic heterocycles. The molecule has 1 amide bonds. The molecule has 0 fully saturated rings. The molecule has 1 atom stereocenters. The van der Waals surface area contributed by atoms with E-state index in [1.807, 2.05) is 42.5 Å². The lowest BCUT2D eigenvalue weighted by Gasteiger charge is -2.31. The third-order valence-corrected chi connectivity index (χ3v) is 6.28. The predicted octanol–water partition coefficient (Wildman–Crippen LogP) is 4.04. The number of rotatable bonds is 9. The number of allylic oxidation sites excluding steroid dienone is 2. The molecule has 2 aromatic carbocycles. The first-order valence-corrected chi connectivity index (χ1v) is 12.3. The molecule has 0 bridgehead atoms. The second-order valence-corrected chi connectivity index (χ2v) is 8.75. The fraction of sp³-hybridized carbons (Fsp3) is 0.207. The number of nitriles is 1. The SMILES string of the molecule is COc1cc(Cc2cnc(N)nc2N)cc(/C=C/C(=O)N2N=Cc3ccccc3C2CC/C=C/C#N)c1OC. The summed E-state index contributed by atoms with van der Waals surface area (Å²) in [6.45, 7) is 0. The number of methoxy groups -OCH3 is 2. The van der Waals surface area contributed by atoms with Crippen molar-refractivity contribution in [1.29, 1.82) is 5.26 Å². The number of carbonyl (C=O) groups excluding carboxylic acids is 1. The Labute approximate surface area is 226 Å². The number of carbonyl (C=O) groups is 1. The molecule has 4 rings (SSSR count). The molecule has 0 spiro atoms. The molecule has 1 aliphatic heterocycles. The van der Waals surface area contributed by atoms with Crippen molar-refractivity contribution in [3.8, 4) is 17.6 Å². The number of anilines is 2. The van der Waals surface area contributed by atoms with Crippen LogP contribution in [0, 0.1) is 11.3 Å². The van der Waals surface area contributed by atoms with Crippen LogP contribution in [0.5, 0.6) is 11.5 Å². The highest BCUT2D eigenvalue weighted by Crippen LogP contribution is 2.35. The van der Waals surface area contributed by atoms with Crippen molar-refractivity contribution in [3.63, 3.8) is 0 Å². The maximum Gasteiger partial charge on any atom is 0.267 e. The van der Waals surface area contributed by atoms with Crippen LogP contribution in [0.25, 0.3) is 6.08 Å². The zero-order valence-corrected chi connectivity index (χ0v) is 21.7. The average Bonchev–Trinajstić information content (AvgIpc) is 2.95. The summed E-state index contributed by atoms with van der Waals surface area (Å²) in [5.74, 6) is 1.09. The number of aromatic nitrogens is 2. The lowest BCUT2D eigenvalue weighted by Crippen LogP contribution is -2.32. The summed E-state index contributed by atoms with van der Waals surface area (Å²) in [6, 6.07) is 13.3. The molecule has 1 aliphatic rings. The van der Waals surface area contributed by atoms with Crippen molar-refractivity contribution in [1.82, 2.24) is 15.0 Å². The Morgan fingerprint density at radius 3 is 2.77 bits per heavy atom. The molecule has 10 nitrogen and oxygen atoms in total. The molecule has 10 heteroatoms. The van der Waals surface area contributed by atoms with Crippen molar-refractivity contribution in [2.75, 3.05) is 25.7 Å². The van der Waals surface area contributed by atoms with E-state index in [0.29, 0.717) is 47.7 Å². The fourth-order valence-corrected chi connectivity index (χ4v) is 4.45. The summed E-state index contributed by atoms with van der Waals surface area (Å²) in [4.78, 5) is 21.5. The van der Waals surface area contributed by atoms with Gasteiger partial charge in [-0.1, -0.05) is 30.3 Å². The Morgan fingerprint density at radius 2 is 2.03 bits per heavy atom. The number of hydrogen-bond acceptors (Lipinski definition) is 9. The Morgan fingerprint density at radius 1 is 1.21 bits per heavy atom. The molecular weight excluding hydrogens is 494 g/mol. The number of benzene rings is 2. The molecule has 2 heterocycles. The van der Waals surface area contributed by atoms with Gasteiger partial charge in [0.1, 0.15) is 5.82 Å². The van der Waals surface area contributed by atoms with Crippen LogP contribution >= 0.6 is 0 Å². The van der Waals surface area contributed by atoms with Crippen molar-refractivity contribution in [3.05, 3.63) is 88.6 Å². The van der Waals surface area contributed by atoms with E-state index in [1.54, 1.807) is 38.8 Å². The zero-order valence-electron chi connectivity index (χ0n) is 21.7. The van der Waals surface area contributed by atoms with Crippen molar-refractivity contribution in [2.45, 2.75) is 25.3 Å². The number of hydrazone groups is 1. The van der Waals surface area contributed by atoms with Crippen molar-refractivity contribution in [2.24, 2.45) is 5.10 Å². The molecule has 3 aromatic rings. The van der Waals surface area contributed by atoms with Crippen LogP contribution < -0.4 is 20.9 Å².